The summed E-state index contributed by atoms with van der Waals surface area (Å²) < 4.78 is 13.1. The van der Waals surface area contributed by atoms with Gasteiger partial charge < -0.3 is 24.0 Å². The summed E-state index contributed by atoms with van der Waals surface area (Å²) in [6.45, 7) is 1.84. The molecule has 3 aromatic rings. The van der Waals surface area contributed by atoms with E-state index in [2.05, 4.69) is 9.97 Å². The highest BCUT2D eigenvalue weighted by Crippen LogP contribution is 2.41. The number of aromatic nitrogens is 3. The van der Waals surface area contributed by atoms with E-state index in [1.165, 1.54) is 4.90 Å². The molecule has 1 N–H and O–H groups in total. The molecule has 4 heterocycles. The number of benzene rings is 1. The second kappa shape index (κ2) is 8.78. The van der Waals surface area contributed by atoms with Crippen LogP contribution in [-0.2, 0) is 16.1 Å². The number of pyridine rings is 1. The first-order valence-electron chi connectivity index (χ1n) is 10.7. The van der Waals surface area contributed by atoms with Crippen molar-refractivity contribution in [1.82, 2.24) is 19.4 Å². The molecule has 1 amide bonds. The summed E-state index contributed by atoms with van der Waals surface area (Å²) in [5.74, 6) is -0.540. The Labute approximate surface area is 189 Å². The lowest BCUT2D eigenvalue weighted by molar-refractivity contribution is -0.139. The molecule has 1 atom stereocenters. The third kappa shape index (κ3) is 3.93. The lowest BCUT2D eigenvalue weighted by Gasteiger charge is -2.25. The zero-order chi connectivity index (χ0) is 22.8. The molecule has 2 aliphatic heterocycles. The molecule has 33 heavy (non-hydrogen) atoms. The van der Waals surface area contributed by atoms with Crippen LogP contribution < -0.4 is 9.47 Å². The average molecular weight is 446 g/mol. The number of amides is 1. The second-order valence-electron chi connectivity index (χ2n) is 7.79. The van der Waals surface area contributed by atoms with Crippen LogP contribution in [0.2, 0.25) is 0 Å². The summed E-state index contributed by atoms with van der Waals surface area (Å²) in [6.07, 6.45) is 9.06. The van der Waals surface area contributed by atoms with Crippen LogP contribution in [0.5, 0.6) is 11.5 Å². The Morgan fingerprint density at radius 1 is 1.00 bits per heavy atom. The Bertz CT molecular complexity index is 1210. The molecular weight excluding hydrogens is 424 g/mol. The van der Waals surface area contributed by atoms with E-state index < -0.39 is 17.7 Å². The minimum atomic E-state index is -0.719. The molecule has 1 fully saturated rings. The third-order valence-electron chi connectivity index (χ3n) is 5.75. The first-order chi connectivity index (χ1) is 16.1. The number of aryl methyl sites for hydroxylation is 1. The number of ether oxygens (including phenoxy) is 2. The number of rotatable bonds is 6. The molecule has 0 unspecified atom stereocenters. The SMILES string of the molecule is O=C1C(=O)N(CCCn2ccnc2)[C@@H](c2ccncc2)/C1=C(\O)c1ccc2c(c1)OCCO2. The van der Waals surface area contributed by atoms with Gasteiger partial charge in [0.15, 0.2) is 11.5 Å². The van der Waals surface area contributed by atoms with Crippen molar-refractivity contribution in [2.75, 3.05) is 19.8 Å². The van der Waals surface area contributed by atoms with Crippen molar-refractivity contribution < 1.29 is 24.2 Å². The maximum Gasteiger partial charge on any atom is 0.295 e. The Morgan fingerprint density at radius 2 is 1.79 bits per heavy atom. The molecule has 0 spiro atoms. The van der Waals surface area contributed by atoms with E-state index in [4.69, 9.17) is 9.47 Å². The summed E-state index contributed by atoms with van der Waals surface area (Å²) in [7, 11) is 0. The van der Waals surface area contributed by atoms with Crippen molar-refractivity contribution in [3.05, 3.63) is 78.1 Å². The predicted molar refractivity (Wildman–Crippen MR) is 118 cm³/mol. The van der Waals surface area contributed by atoms with Crippen molar-refractivity contribution in [2.45, 2.75) is 19.0 Å². The van der Waals surface area contributed by atoms with E-state index in [9.17, 15) is 14.7 Å². The molecule has 2 aromatic heterocycles. The van der Waals surface area contributed by atoms with E-state index in [1.807, 2.05) is 10.8 Å². The number of nitrogens with zero attached hydrogens (tertiary/aromatic N) is 4. The van der Waals surface area contributed by atoms with E-state index in [1.54, 1.807) is 55.2 Å². The maximum atomic E-state index is 13.1. The molecule has 9 nitrogen and oxygen atoms in total. The molecule has 1 aromatic carbocycles. The first kappa shape index (κ1) is 20.7. The van der Waals surface area contributed by atoms with Crippen LogP contribution in [0, 0.1) is 0 Å². The molecule has 168 valence electrons. The first-order valence-corrected chi connectivity index (χ1v) is 10.7. The molecule has 0 aliphatic carbocycles. The van der Waals surface area contributed by atoms with Crippen molar-refractivity contribution in [1.29, 1.82) is 0 Å². The van der Waals surface area contributed by atoms with Crippen LogP contribution in [0.25, 0.3) is 5.76 Å². The lowest BCUT2D eigenvalue weighted by atomic mass is 9.95. The number of ketones is 1. The minimum absolute atomic E-state index is 0.0468. The molecule has 5 rings (SSSR count). The number of carbonyl (C=O) groups excluding carboxylic acids is 2. The molecular formula is C24H22N4O5. The van der Waals surface area contributed by atoms with Gasteiger partial charge in [-0.3, -0.25) is 14.6 Å². The van der Waals surface area contributed by atoms with Gasteiger partial charge in [-0.25, -0.2) is 4.98 Å². The highest BCUT2D eigenvalue weighted by molar-refractivity contribution is 6.46. The van der Waals surface area contributed by atoms with E-state index in [-0.39, 0.29) is 11.3 Å². The van der Waals surface area contributed by atoms with Crippen LogP contribution in [0.4, 0.5) is 0 Å². The number of aliphatic hydroxyl groups is 1. The average Bonchev–Trinajstić information content (AvgIpc) is 3.46. The number of likely N-dealkylation sites (tertiary alicyclic amines) is 1. The van der Waals surface area contributed by atoms with Gasteiger partial charge in [-0.15, -0.1) is 0 Å². The fraction of sp³-hybridized carbons (Fsp3) is 0.250. The van der Waals surface area contributed by atoms with Gasteiger partial charge in [0.1, 0.15) is 19.0 Å². The quantitative estimate of drug-likeness (QED) is 0.352. The Hall–Kier alpha value is -4.14. The Balaban J connectivity index is 1.52. The van der Waals surface area contributed by atoms with Crippen molar-refractivity contribution in [3.63, 3.8) is 0 Å². The molecule has 0 radical (unpaired) electrons. The zero-order valence-electron chi connectivity index (χ0n) is 17.8. The van der Waals surface area contributed by atoms with Crippen LogP contribution in [0.15, 0.2) is 67.0 Å². The number of carbonyl (C=O) groups is 2. The normalized spacial score (nSPS) is 19.2. The highest BCUT2D eigenvalue weighted by atomic mass is 16.6. The standard InChI is InChI=1S/C24H22N4O5/c29-22(17-2-3-18-19(14-17)33-13-12-32-18)20-21(16-4-6-25-7-5-16)28(24(31)23(20)30)10-1-9-27-11-8-26-15-27/h2-8,11,14-15,21,29H,1,9-10,12-13H2/b22-20+/t21-/m0/s1. The molecule has 2 aliphatic rings. The van der Waals surface area contributed by atoms with Gasteiger partial charge in [-0.05, 0) is 42.3 Å². The number of fused-ring (bicyclic) bond motifs is 1. The van der Waals surface area contributed by atoms with E-state index in [0.29, 0.717) is 55.4 Å². The van der Waals surface area contributed by atoms with Gasteiger partial charge in [0, 0.05) is 43.4 Å². The number of imidazole rings is 1. The number of hydrogen-bond acceptors (Lipinski definition) is 7. The predicted octanol–water partition coefficient (Wildman–Crippen LogP) is 2.56. The van der Waals surface area contributed by atoms with Crippen molar-refractivity contribution >= 4 is 17.4 Å². The fourth-order valence-corrected chi connectivity index (χ4v) is 4.19. The summed E-state index contributed by atoms with van der Waals surface area (Å²) in [6, 6.07) is 7.74. The van der Waals surface area contributed by atoms with Gasteiger partial charge in [-0.1, -0.05) is 0 Å². The van der Waals surface area contributed by atoms with Crippen molar-refractivity contribution in [2.24, 2.45) is 0 Å². The summed E-state index contributed by atoms with van der Waals surface area (Å²) in [5.41, 5.74) is 1.13. The van der Waals surface area contributed by atoms with Crippen LogP contribution in [0.3, 0.4) is 0 Å². The van der Waals surface area contributed by atoms with Gasteiger partial charge >= 0.3 is 0 Å². The zero-order valence-corrected chi connectivity index (χ0v) is 17.8. The van der Waals surface area contributed by atoms with E-state index in [0.717, 1.165) is 0 Å². The number of Topliss-reactive ketones (excluding diaryl/α,β-unsaturated/α-hetero) is 1. The van der Waals surface area contributed by atoms with Gasteiger partial charge in [0.05, 0.1) is 17.9 Å². The molecule has 1 saturated heterocycles. The largest absolute Gasteiger partial charge is 0.507 e. The molecule has 9 heteroatoms. The monoisotopic (exact) mass is 446 g/mol. The smallest absolute Gasteiger partial charge is 0.295 e. The molecule has 0 saturated carbocycles. The van der Waals surface area contributed by atoms with Gasteiger partial charge in [-0.2, -0.15) is 0 Å². The van der Waals surface area contributed by atoms with Gasteiger partial charge in [0.25, 0.3) is 11.7 Å². The summed E-state index contributed by atoms with van der Waals surface area (Å²) in [4.78, 5) is 35.7. The third-order valence-corrected chi connectivity index (χ3v) is 5.75. The number of aliphatic hydroxyl groups excluding tert-OH is 1. The van der Waals surface area contributed by atoms with Crippen LogP contribution >= 0.6 is 0 Å². The summed E-state index contributed by atoms with van der Waals surface area (Å²) >= 11 is 0. The van der Waals surface area contributed by atoms with E-state index >= 15 is 0 Å². The van der Waals surface area contributed by atoms with Crippen LogP contribution in [-0.4, -0.2) is 56.0 Å². The Kier molecular flexibility index (Phi) is 5.52. The number of hydrogen-bond donors (Lipinski definition) is 1. The van der Waals surface area contributed by atoms with Gasteiger partial charge in [0.2, 0.25) is 0 Å². The lowest BCUT2D eigenvalue weighted by Crippen LogP contribution is -2.31. The van der Waals surface area contributed by atoms with Crippen LogP contribution in [0.1, 0.15) is 23.6 Å². The topological polar surface area (TPSA) is 107 Å². The second-order valence-corrected chi connectivity index (χ2v) is 7.79. The van der Waals surface area contributed by atoms with Crippen molar-refractivity contribution in [3.8, 4) is 11.5 Å². The highest BCUT2D eigenvalue weighted by Gasteiger charge is 2.45. The summed E-state index contributed by atoms with van der Waals surface area (Å²) in [5, 5.41) is 11.2. The maximum absolute atomic E-state index is 13.1. The fourth-order valence-electron chi connectivity index (χ4n) is 4.19. The molecule has 0 bridgehead atoms. The minimum Gasteiger partial charge on any atom is -0.507 e. The Morgan fingerprint density at radius 3 is 2.55 bits per heavy atom.